The number of aliphatic hydroxyl groups is 1. The van der Waals surface area contributed by atoms with Gasteiger partial charge < -0.3 is 21.1 Å². The van der Waals surface area contributed by atoms with Crippen molar-refractivity contribution >= 4 is 6.03 Å². The molecule has 0 unspecified atom stereocenters. The maximum atomic E-state index is 10.6. The molecule has 5 nitrogen and oxygen atoms in total. The van der Waals surface area contributed by atoms with Crippen molar-refractivity contribution in [3.05, 3.63) is 0 Å². The molecule has 0 spiro atoms. The Morgan fingerprint density at radius 3 is 2.67 bits per heavy atom. The van der Waals surface area contributed by atoms with Crippen molar-refractivity contribution in [2.24, 2.45) is 5.73 Å². The van der Waals surface area contributed by atoms with E-state index in [4.69, 9.17) is 5.73 Å². The molecule has 1 aliphatic rings. The van der Waals surface area contributed by atoms with Crippen LogP contribution in [0.4, 0.5) is 4.79 Å². The third-order valence-corrected chi connectivity index (χ3v) is 2.87. The zero-order valence-electron chi connectivity index (χ0n) is 9.28. The summed E-state index contributed by atoms with van der Waals surface area (Å²) in [5.41, 5.74) is 5.06. The van der Waals surface area contributed by atoms with Gasteiger partial charge in [0.15, 0.2) is 0 Å². The number of carbonyl (C=O) groups is 1. The molecule has 15 heavy (non-hydrogen) atoms. The van der Waals surface area contributed by atoms with Gasteiger partial charge in [-0.25, -0.2) is 4.79 Å². The molecule has 1 aliphatic heterocycles. The van der Waals surface area contributed by atoms with Gasteiger partial charge in [-0.1, -0.05) is 6.92 Å². The van der Waals surface area contributed by atoms with Crippen molar-refractivity contribution < 1.29 is 9.90 Å². The first kappa shape index (κ1) is 12.3. The Hall–Kier alpha value is -0.810. The van der Waals surface area contributed by atoms with Gasteiger partial charge in [-0.05, 0) is 19.3 Å². The number of primary amides is 1. The zero-order chi connectivity index (χ0) is 11.3. The quantitative estimate of drug-likeness (QED) is 0.612. The molecule has 1 saturated heterocycles. The van der Waals surface area contributed by atoms with Gasteiger partial charge in [-0.3, -0.25) is 0 Å². The lowest BCUT2D eigenvalue weighted by molar-refractivity contribution is 0.0924. The Morgan fingerprint density at radius 1 is 1.60 bits per heavy atom. The molecule has 1 fully saturated rings. The Bertz CT molecular complexity index is 203. The van der Waals surface area contributed by atoms with Crippen LogP contribution in [0.1, 0.15) is 26.2 Å². The van der Waals surface area contributed by atoms with Crippen LogP contribution in [0.25, 0.3) is 0 Å². The molecule has 1 rings (SSSR count). The number of urea groups is 1. The highest BCUT2D eigenvalue weighted by atomic mass is 16.3. The summed E-state index contributed by atoms with van der Waals surface area (Å²) in [6, 6.07) is -0.237. The Labute approximate surface area is 90.6 Å². The fourth-order valence-corrected chi connectivity index (χ4v) is 1.89. The predicted molar refractivity (Wildman–Crippen MR) is 58.5 cm³/mol. The van der Waals surface area contributed by atoms with Crippen molar-refractivity contribution in [3.63, 3.8) is 0 Å². The normalized spacial score (nSPS) is 21.2. The van der Waals surface area contributed by atoms with E-state index in [9.17, 15) is 9.90 Å². The van der Waals surface area contributed by atoms with E-state index < -0.39 is 6.03 Å². The van der Waals surface area contributed by atoms with Gasteiger partial charge in [-0.2, -0.15) is 0 Å². The largest absolute Gasteiger partial charge is 0.392 e. The van der Waals surface area contributed by atoms with Crippen LogP contribution >= 0.6 is 0 Å². The average Bonchev–Trinajstić information content (AvgIpc) is 2.20. The van der Waals surface area contributed by atoms with Gasteiger partial charge in [0, 0.05) is 25.7 Å². The monoisotopic (exact) mass is 215 g/mol. The molecule has 0 saturated carbocycles. The van der Waals surface area contributed by atoms with Crippen molar-refractivity contribution in [1.29, 1.82) is 0 Å². The molecule has 5 heteroatoms. The van der Waals surface area contributed by atoms with Crippen molar-refractivity contribution in [2.45, 2.75) is 38.3 Å². The number of piperidine rings is 1. The van der Waals surface area contributed by atoms with Gasteiger partial charge in [0.2, 0.25) is 0 Å². The number of rotatable bonds is 4. The first-order valence-electron chi connectivity index (χ1n) is 5.58. The lowest BCUT2D eigenvalue weighted by atomic mass is 10.0. The fraction of sp³-hybridized carbons (Fsp3) is 0.900. The van der Waals surface area contributed by atoms with Crippen LogP contribution in [0, 0.1) is 0 Å². The summed E-state index contributed by atoms with van der Waals surface area (Å²) < 4.78 is 0. The summed E-state index contributed by atoms with van der Waals surface area (Å²) in [7, 11) is 0. The second-order valence-corrected chi connectivity index (χ2v) is 4.15. The van der Waals surface area contributed by atoms with E-state index in [0.29, 0.717) is 0 Å². The van der Waals surface area contributed by atoms with E-state index in [1.807, 2.05) is 6.92 Å². The van der Waals surface area contributed by atoms with Crippen LogP contribution in [0.2, 0.25) is 0 Å². The number of carbonyl (C=O) groups excluding carboxylic acids is 1. The lowest BCUT2D eigenvalue weighted by Gasteiger charge is -2.32. The summed E-state index contributed by atoms with van der Waals surface area (Å²) in [6.07, 6.45) is 2.39. The number of hydrogen-bond donors (Lipinski definition) is 3. The van der Waals surface area contributed by atoms with Crippen LogP contribution in [0.3, 0.4) is 0 Å². The number of hydrogen-bond acceptors (Lipinski definition) is 3. The van der Waals surface area contributed by atoms with Gasteiger partial charge in [0.05, 0.1) is 6.10 Å². The number of amides is 2. The summed E-state index contributed by atoms with van der Waals surface area (Å²) in [5, 5.41) is 12.2. The van der Waals surface area contributed by atoms with Crippen molar-refractivity contribution in [2.75, 3.05) is 19.6 Å². The number of β-amino-alcohol motifs (C(OH)–C–C–N with tert-alkyl or cyclic N) is 1. The molecular weight excluding hydrogens is 194 g/mol. The van der Waals surface area contributed by atoms with E-state index in [-0.39, 0.29) is 12.1 Å². The van der Waals surface area contributed by atoms with E-state index in [1.54, 1.807) is 0 Å². The van der Waals surface area contributed by atoms with Crippen molar-refractivity contribution in [3.8, 4) is 0 Å². The summed E-state index contributed by atoms with van der Waals surface area (Å²) in [5.74, 6) is 0. The maximum Gasteiger partial charge on any atom is 0.312 e. The lowest BCUT2D eigenvalue weighted by Crippen LogP contribution is -2.47. The van der Waals surface area contributed by atoms with Crippen molar-refractivity contribution in [1.82, 2.24) is 10.2 Å². The second kappa shape index (κ2) is 5.92. The van der Waals surface area contributed by atoms with Gasteiger partial charge >= 0.3 is 6.03 Å². The Morgan fingerprint density at radius 2 is 2.20 bits per heavy atom. The van der Waals surface area contributed by atoms with Crippen LogP contribution < -0.4 is 11.1 Å². The topological polar surface area (TPSA) is 78.6 Å². The number of likely N-dealkylation sites (tertiary alicyclic amines) is 1. The average molecular weight is 215 g/mol. The van der Waals surface area contributed by atoms with E-state index in [2.05, 4.69) is 10.2 Å². The predicted octanol–water partition coefficient (Wildman–Crippen LogP) is -0.110. The molecule has 0 aromatic heterocycles. The molecule has 2 amide bonds. The van der Waals surface area contributed by atoms with Crippen LogP contribution in [-0.2, 0) is 0 Å². The van der Waals surface area contributed by atoms with E-state index >= 15 is 0 Å². The summed E-state index contributed by atoms with van der Waals surface area (Å²) >= 11 is 0. The summed E-state index contributed by atoms with van der Waals surface area (Å²) in [6.45, 7) is 4.55. The Kier molecular flexibility index (Phi) is 4.84. The summed E-state index contributed by atoms with van der Waals surface area (Å²) in [4.78, 5) is 12.9. The van der Waals surface area contributed by atoms with E-state index in [1.165, 1.54) is 0 Å². The number of nitrogens with zero attached hydrogens (tertiary/aromatic N) is 1. The molecule has 0 radical (unpaired) electrons. The fourth-order valence-electron chi connectivity index (χ4n) is 1.89. The van der Waals surface area contributed by atoms with Gasteiger partial charge in [-0.15, -0.1) is 0 Å². The molecule has 88 valence electrons. The molecule has 1 atom stereocenters. The molecule has 4 N–H and O–H groups in total. The third kappa shape index (κ3) is 4.48. The van der Waals surface area contributed by atoms with Crippen LogP contribution in [-0.4, -0.2) is 47.8 Å². The first-order chi connectivity index (χ1) is 7.11. The highest BCUT2D eigenvalue weighted by Gasteiger charge is 2.20. The number of nitrogens with one attached hydrogen (secondary N) is 1. The van der Waals surface area contributed by atoms with Gasteiger partial charge in [0.1, 0.15) is 0 Å². The molecular formula is C10H21N3O2. The highest BCUT2D eigenvalue weighted by Crippen LogP contribution is 2.10. The smallest absolute Gasteiger partial charge is 0.312 e. The molecule has 0 aliphatic carbocycles. The molecule has 0 bridgehead atoms. The van der Waals surface area contributed by atoms with E-state index in [0.717, 1.165) is 38.9 Å². The zero-order valence-corrected chi connectivity index (χ0v) is 9.28. The van der Waals surface area contributed by atoms with Crippen LogP contribution in [0.5, 0.6) is 0 Å². The SMILES string of the molecule is CC[C@@H](O)CN1CCC(NC(N)=O)CC1. The number of nitrogens with two attached hydrogens (primary N) is 1. The minimum atomic E-state index is -0.443. The first-order valence-corrected chi connectivity index (χ1v) is 5.58. The standard InChI is InChI=1S/C10H21N3O2/c1-2-9(14)7-13-5-3-8(4-6-13)12-10(11)15/h8-9,14H,2-7H2,1H3,(H3,11,12,15)/t9-/m1/s1. The molecule has 0 aromatic carbocycles. The molecule has 1 heterocycles. The number of aliphatic hydroxyl groups excluding tert-OH is 1. The minimum Gasteiger partial charge on any atom is -0.392 e. The third-order valence-electron chi connectivity index (χ3n) is 2.87. The second-order valence-electron chi connectivity index (χ2n) is 4.15. The van der Waals surface area contributed by atoms with Gasteiger partial charge in [0.25, 0.3) is 0 Å². The molecule has 0 aromatic rings. The highest BCUT2D eigenvalue weighted by molar-refractivity contribution is 5.71. The maximum absolute atomic E-state index is 10.6. The van der Waals surface area contributed by atoms with Crippen LogP contribution in [0.15, 0.2) is 0 Å². The Balaban J connectivity index is 2.20. The minimum absolute atomic E-state index is 0.206.